The zero-order chi connectivity index (χ0) is 12.8. The summed E-state index contributed by atoms with van der Waals surface area (Å²) in [5.41, 5.74) is 0.0770. The zero-order valence-corrected chi connectivity index (χ0v) is 10.0. The molecule has 1 aromatic carbocycles. The van der Waals surface area contributed by atoms with E-state index in [0.29, 0.717) is 13.0 Å². The summed E-state index contributed by atoms with van der Waals surface area (Å²) < 4.78 is 31.5. The molecular weight excluding hydrogens is 226 g/mol. The van der Waals surface area contributed by atoms with Gasteiger partial charge in [0.1, 0.15) is 6.10 Å². The molecule has 1 aromatic rings. The van der Waals surface area contributed by atoms with Crippen LogP contribution in [0.2, 0.25) is 0 Å². The predicted molar refractivity (Wildman–Crippen MR) is 60.8 cm³/mol. The largest absolute Gasteiger partial charge is 0.371 e. The molecule has 1 unspecified atom stereocenters. The molecule has 0 bridgehead atoms. The van der Waals surface area contributed by atoms with E-state index in [4.69, 9.17) is 4.74 Å². The third-order valence-electron chi connectivity index (χ3n) is 2.49. The molecule has 0 aromatic heterocycles. The van der Waals surface area contributed by atoms with Crippen LogP contribution in [0.4, 0.5) is 8.78 Å². The van der Waals surface area contributed by atoms with Gasteiger partial charge in [-0.2, -0.15) is 0 Å². The van der Waals surface area contributed by atoms with Gasteiger partial charge in [0.15, 0.2) is 17.4 Å². The Bertz CT molecular complexity index is 391. The lowest BCUT2D eigenvalue weighted by atomic mass is 10.0. The molecule has 17 heavy (non-hydrogen) atoms. The van der Waals surface area contributed by atoms with E-state index in [0.717, 1.165) is 6.07 Å². The number of ketones is 1. The van der Waals surface area contributed by atoms with Gasteiger partial charge >= 0.3 is 0 Å². The topological polar surface area (TPSA) is 26.3 Å². The molecule has 0 aliphatic rings. The van der Waals surface area contributed by atoms with Crippen molar-refractivity contribution in [1.29, 1.82) is 0 Å². The normalized spacial score (nSPS) is 12.5. The van der Waals surface area contributed by atoms with Gasteiger partial charge in [0.2, 0.25) is 0 Å². The molecule has 0 N–H and O–H groups in total. The van der Waals surface area contributed by atoms with Crippen LogP contribution in [0.15, 0.2) is 18.2 Å². The SMILES string of the molecule is CCOC(CC)C(=O)Cc1cccc(F)c1F. The highest BCUT2D eigenvalue weighted by Gasteiger charge is 2.19. The van der Waals surface area contributed by atoms with Crippen LogP contribution in [-0.2, 0) is 16.0 Å². The highest BCUT2D eigenvalue weighted by Crippen LogP contribution is 2.14. The minimum atomic E-state index is -0.952. The van der Waals surface area contributed by atoms with Crippen molar-refractivity contribution in [1.82, 2.24) is 0 Å². The summed E-state index contributed by atoms with van der Waals surface area (Å²) in [5.74, 6) is -2.11. The highest BCUT2D eigenvalue weighted by atomic mass is 19.2. The Kier molecular flexibility index (Phi) is 5.22. The van der Waals surface area contributed by atoms with Crippen LogP contribution in [0.1, 0.15) is 25.8 Å². The third kappa shape index (κ3) is 3.60. The fraction of sp³-hybridized carbons (Fsp3) is 0.462. The zero-order valence-electron chi connectivity index (χ0n) is 10.0. The Morgan fingerprint density at radius 1 is 1.35 bits per heavy atom. The van der Waals surface area contributed by atoms with Crippen LogP contribution in [0.25, 0.3) is 0 Å². The third-order valence-corrected chi connectivity index (χ3v) is 2.49. The van der Waals surface area contributed by atoms with E-state index in [2.05, 4.69) is 0 Å². The Balaban J connectivity index is 2.76. The molecule has 0 aliphatic heterocycles. The van der Waals surface area contributed by atoms with Gasteiger partial charge in [0.05, 0.1) is 0 Å². The first kappa shape index (κ1) is 13.8. The van der Waals surface area contributed by atoms with Crippen molar-refractivity contribution in [2.45, 2.75) is 32.8 Å². The maximum atomic E-state index is 13.3. The molecule has 0 spiro atoms. The number of benzene rings is 1. The lowest BCUT2D eigenvalue weighted by molar-refractivity contribution is -0.129. The molecular formula is C13H16F2O2. The maximum Gasteiger partial charge on any atom is 0.165 e. The minimum absolute atomic E-state index is 0.0770. The van der Waals surface area contributed by atoms with E-state index in [9.17, 15) is 13.6 Å². The van der Waals surface area contributed by atoms with E-state index in [1.165, 1.54) is 12.1 Å². The molecule has 0 saturated heterocycles. The average molecular weight is 242 g/mol. The molecule has 4 heteroatoms. The summed E-state index contributed by atoms with van der Waals surface area (Å²) in [6.45, 7) is 4.04. The van der Waals surface area contributed by atoms with Gasteiger partial charge in [0.25, 0.3) is 0 Å². The number of ether oxygens (including phenoxy) is 1. The van der Waals surface area contributed by atoms with Gasteiger partial charge < -0.3 is 4.74 Å². The van der Waals surface area contributed by atoms with Crippen LogP contribution >= 0.6 is 0 Å². The summed E-state index contributed by atoms with van der Waals surface area (Å²) in [6, 6.07) is 3.83. The van der Waals surface area contributed by atoms with Gasteiger partial charge in [-0.1, -0.05) is 19.1 Å². The van der Waals surface area contributed by atoms with E-state index < -0.39 is 17.7 Å². The maximum absolute atomic E-state index is 13.3. The van der Waals surface area contributed by atoms with Gasteiger partial charge in [-0.3, -0.25) is 4.79 Å². The standard InChI is InChI=1S/C13H16F2O2/c1-3-12(17-4-2)11(16)8-9-6-5-7-10(14)13(9)15/h5-7,12H,3-4,8H2,1-2H3. The molecule has 1 atom stereocenters. The molecule has 1 rings (SSSR count). The van der Waals surface area contributed by atoms with E-state index in [1.807, 2.05) is 6.92 Å². The van der Waals surface area contributed by atoms with E-state index in [1.54, 1.807) is 6.92 Å². The predicted octanol–water partition coefficient (Wildman–Crippen LogP) is 2.89. The summed E-state index contributed by atoms with van der Waals surface area (Å²) in [5, 5.41) is 0. The first-order chi connectivity index (χ1) is 8.10. The van der Waals surface area contributed by atoms with Crippen LogP contribution in [0, 0.1) is 11.6 Å². The Hall–Kier alpha value is -1.29. The summed E-state index contributed by atoms with van der Waals surface area (Å²) in [4.78, 5) is 11.8. The average Bonchev–Trinajstić information content (AvgIpc) is 2.31. The summed E-state index contributed by atoms with van der Waals surface area (Å²) >= 11 is 0. The van der Waals surface area contributed by atoms with Crippen LogP contribution in [-0.4, -0.2) is 18.5 Å². The molecule has 0 saturated carbocycles. The molecule has 0 radical (unpaired) electrons. The highest BCUT2D eigenvalue weighted by molar-refractivity contribution is 5.85. The molecule has 0 fully saturated rings. The minimum Gasteiger partial charge on any atom is -0.371 e. The van der Waals surface area contributed by atoms with E-state index in [-0.39, 0.29) is 17.8 Å². The van der Waals surface area contributed by atoms with Crippen molar-refractivity contribution < 1.29 is 18.3 Å². The van der Waals surface area contributed by atoms with Crippen molar-refractivity contribution >= 4 is 5.78 Å². The number of rotatable bonds is 6. The molecule has 0 aliphatic carbocycles. The second kappa shape index (κ2) is 6.45. The van der Waals surface area contributed by atoms with Crippen molar-refractivity contribution in [3.8, 4) is 0 Å². The molecule has 0 heterocycles. The Labute approximate surface area is 99.6 Å². The molecule has 94 valence electrons. The molecule has 2 nitrogen and oxygen atoms in total. The Morgan fingerprint density at radius 3 is 2.65 bits per heavy atom. The number of Topliss-reactive ketones (excluding diaryl/α,β-unsaturated/α-hetero) is 1. The molecule has 0 amide bonds. The van der Waals surface area contributed by atoms with Gasteiger partial charge in [-0.15, -0.1) is 0 Å². The van der Waals surface area contributed by atoms with Crippen molar-refractivity contribution in [3.05, 3.63) is 35.4 Å². The van der Waals surface area contributed by atoms with Crippen molar-refractivity contribution in [2.75, 3.05) is 6.61 Å². The van der Waals surface area contributed by atoms with Crippen molar-refractivity contribution in [3.63, 3.8) is 0 Å². The van der Waals surface area contributed by atoms with Crippen LogP contribution in [0.3, 0.4) is 0 Å². The fourth-order valence-electron chi connectivity index (χ4n) is 1.63. The second-order valence-electron chi connectivity index (χ2n) is 3.71. The van der Waals surface area contributed by atoms with E-state index >= 15 is 0 Å². The number of carbonyl (C=O) groups excluding carboxylic acids is 1. The number of carbonyl (C=O) groups is 1. The summed E-state index contributed by atoms with van der Waals surface area (Å²) in [7, 11) is 0. The fourth-order valence-corrected chi connectivity index (χ4v) is 1.63. The van der Waals surface area contributed by atoms with Gasteiger partial charge in [-0.05, 0) is 25.0 Å². The second-order valence-corrected chi connectivity index (χ2v) is 3.71. The first-order valence-corrected chi connectivity index (χ1v) is 5.67. The summed E-state index contributed by atoms with van der Waals surface area (Å²) in [6.07, 6.45) is -0.145. The van der Waals surface area contributed by atoms with Crippen LogP contribution < -0.4 is 0 Å². The smallest absolute Gasteiger partial charge is 0.165 e. The van der Waals surface area contributed by atoms with Gasteiger partial charge in [0, 0.05) is 13.0 Å². The lowest BCUT2D eigenvalue weighted by Gasteiger charge is -2.13. The lowest BCUT2D eigenvalue weighted by Crippen LogP contribution is -2.25. The van der Waals surface area contributed by atoms with Gasteiger partial charge in [-0.25, -0.2) is 8.78 Å². The quantitative estimate of drug-likeness (QED) is 0.766. The van der Waals surface area contributed by atoms with Crippen LogP contribution in [0.5, 0.6) is 0 Å². The van der Waals surface area contributed by atoms with Crippen molar-refractivity contribution in [2.24, 2.45) is 0 Å². The number of hydrogen-bond acceptors (Lipinski definition) is 2. The number of hydrogen-bond donors (Lipinski definition) is 0. The Morgan fingerprint density at radius 2 is 2.06 bits per heavy atom. The first-order valence-electron chi connectivity index (χ1n) is 5.67. The number of halogens is 2. The monoisotopic (exact) mass is 242 g/mol.